The Hall–Kier alpha value is -1.12. The molecular formula is C14H12Cl2N2. The van der Waals surface area contributed by atoms with Crippen LogP contribution in [-0.4, -0.2) is 10.2 Å². The van der Waals surface area contributed by atoms with Crippen LogP contribution < -0.4 is 0 Å². The second-order valence-corrected chi connectivity index (χ2v) is 5.31. The lowest BCUT2D eigenvalue weighted by molar-refractivity contribution is 0.686. The molecule has 92 valence electrons. The summed E-state index contributed by atoms with van der Waals surface area (Å²) < 4.78 is 0. The van der Waals surface area contributed by atoms with Crippen molar-refractivity contribution in [3.05, 3.63) is 45.7 Å². The minimum Gasteiger partial charge on any atom is -0.137 e. The monoisotopic (exact) mass is 278 g/mol. The molecule has 0 fully saturated rings. The standard InChI is InChI=1S/C14H12Cl2N2/c15-13-8-12(14(16)18-17-13)11-6-5-9-3-1-2-4-10(9)7-11/h5-8H,1-4H2. The van der Waals surface area contributed by atoms with Crippen molar-refractivity contribution in [3.63, 3.8) is 0 Å². The fraction of sp³-hybridized carbons (Fsp3) is 0.286. The van der Waals surface area contributed by atoms with Crippen LogP contribution in [0.4, 0.5) is 0 Å². The summed E-state index contributed by atoms with van der Waals surface area (Å²) in [6.07, 6.45) is 4.88. The number of aromatic nitrogens is 2. The van der Waals surface area contributed by atoms with E-state index in [1.807, 2.05) is 0 Å². The molecule has 1 aliphatic rings. The highest BCUT2D eigenvalue weighted by Crippen LogP contribution is 2.31. The quantitative estimate of drug-likeness (QED) is 0.776. The van der Waals surface area contributed by atoms with E-state index in [-0.39, 0.29) is 0 Å². The molecule has 2 aromatic rings. The van der Waals surface area contributed by atoms with E-state index >= 15 is 0 Å². The maximum atomic E-state index is 6.08. The predicted molar refractivity (Wildman–Crippen MR) is 74.1 cm³/mol. The third-order valence-corrected chi connectivity index (χ3v) is 3.84. The molecule has 4 heteroatoms. The third-order valence-electron chi connectivity index (χ3n) is 3.38. The summed E-state index contributed by atoms with van der Waals surface area (Å²) in [5.74, 6) is 0. The average molecular weight is 279 g/mol. The molecule has 0 N–H and O–H groups in total. The number of fused-ring (bicyclic) bond motifs is 1. The summed E-state index contributed by atoms with van der Waals surface area (Å²) in [6, 6.07) is 8.24. The van der Waals surface area contributed by atoms with Crippen LogP contribution in [0.5, 0.6) is 0 Å². The highest BCUT2D eigenvalue weighted by atomic mass is 35.5. The summed E-state index contributed by atoms with van der Waals surface area (Å²) in [7, 11) is 0. The van der Waals surface area contributed by atoms with Gasteiger partial charge >= 0.3 is 0 Å². The first kappa shape index (κ1) is 11.9. The largest absolute Gasteiger partial charge is 0.159 e. The van der Waals surface area contributed by atoms with E-state index < -0.39 is 0 Å². The van der Waals surface area contributed by atoms with Crippen LogP contribution in [0.3, 0.4) is 0 Å². The van der Waals surface area contributed by atoms with Gasteiger partial charge < -0.3 is 0 Å². The van der Waals surface area contributed by atoms with Gasteiger partial charge in [-0.25, -0.2) is 0 Å². The number of aryl methyl sites for hydroxylation is 2. The minimum atomic E-state index is 0.368. The van der Waals surface area contributed by atoms with E-state index in [1.165, 1.54) is 30.4 Å². The molecule has 0 spiro atoms. The van der Waals surface area contributed by atoms with Crippen molar-refractivity contribution in [1.29, 1.82) is 0 Å². The van der Waals surface area contributed by atoms with Crippen LogP contribution in [0.25, 0.3) is 11.1 Å². The number of hydrogen-bond donors (Lipinski definition) is 0. The molecule has 3 rings (SSSR count). The summed E-state index contributed by atoms with van der Waals surface area (Å²) >= 11 is 12.0. The van der Waals surface area contributed by atoms with Crippen LogP contribution in [0.15, 0.2) is 24.3 Å². The van der Waals surface area contributed by atoms with Gasteiger partial charge in [-0.2, -0.15) is 0 Å². The zero-order chi connectivity index (χ0) is 12.5. The van der Waals surface area contributed by atoms with Gasteiger partial charge in [-0.05, 0) is 48.4 Å². The Labute approximate surface area is 116 Å². The third kappa shape index (κ3) is 2.23. The Morgan fingerprint density at radius 3 is 2.50 bits per heavy atom. The summed E-state index contributed by atoms with van der Waals surface area (Å²) in [4.78, 5) is 0. The van der Waals surface area contributed by atoms with E-state index in [4.69, 9.17) is 23.2 Å². The fourth-order valence-electron chi connectivity index (χ4n) is 2.46. The number of halogens is 2. The average Bonchev–Trinajstić information content (AvgIpc) is 2.41. The summed E-state index contributed by atoms with van der Waals surface area (Å²) in [5.41, 5.74) is 4.79. The van der Waals surface area contributed by atoms with Gasteiger partial charge in [0.25, 0.3) is 0 Å². The van der Waals surface area contributed by atoms with E-state index in [0.29, 0.717) is 10.3 Å². The molecule has 1 aromatic heterocycles. The zero-order valence-corrected chi connectivity index (χ0v) is 11.3. The first-order valence-electron chi connectivity index (χ1n) is 6.05. The molecular weight excluding hydrogens is 267 g/mol. The highest BCUT2D eigenvalue weighted by Gasteiger charge is 2.12. The lowest BCUT2D eigenvalue weighted by Crippen LogP contribution is -2.02. The second-order valence-electron chi connectivity index (χ2n) is 4.56. The van der Waals surface area contributed by atoms with Crippen molar-refractivity contribution in [2.45, 2.75) is 25.7 Å². The Bertz CT molecular complexity index is 596. The van der Waals surface area contributed by atoms with Gasteiger partial charge in [0, 0.05) is 5.56 Å². The van der Waals surface area contributed by atoms with Crippen LogP contribution in [0.2, 0.25) is 10.3 Å². The molecule has 0 amide bonds. The van der Waals surface area contributed by atoms with Gasteiger partial charge in [-0.3, -0.25) is 0 Å². The first-order valence-corrected chi connectivity index (χ1v) is 6.80. The summed E-state index contributed by atoms with van der Waals surface area (Å²) in [6.45, 7) is 0. The molecule has 1 aliphatic carbocycles. The Balaban J connectivity index is 2.09. The number of rotatable bonds is 1. The molecule has 0 aliphatic heterocycles. The topological polar surface area (TPSA) is 25.8 Å². The van der Waals surface area contributed by atoms with Gasteiger partial charge in [0.05, 0.1) is 0 Å². The van der Waals surface area contributed by atoms with Crippen molar-refractivity contribution in [1.82, 2.24) is 10.2 Å². The van der Waals surface area contributed by atoms with Crippen LogP contribution in [0.1, 0.15) is 24.0 Å². The van der Waals surface area contributed by atoms with Gasteiger partial charge in [-0.1, -0.05) is 41.4 Å². The lowest BCUT2D eigenvalue weighted by Gasteiger charge is -2.16. The van der Waals surface area contributed by atoms with Crippen molar-refractivity contribution in [2.24, 2.45) is 0 Å². The molecule has 0 radical (unpaired) electrons. The van der Waals surface area contributed by atoms with Crippen LogP contribution in [-0.2, 0) is 12.8 Å². The molecule has 1 heterocycles. The minimum absolute atomic E-state index is 0.368. The smallest absolute Gasteiger partial charge is 0.137 e. The molecule has 0 bridgehead atoms. The second kappa shape index (κ2) is 4.87. The predicted octanol–water partition coefficient (Wildman–Crippen LogP) is 4.33. The van der Waals surface area contributed by atoms with E-state index in [1.54, 1.807) is 6.07 Å². The number of nitrogens with zero attached hydrogens (tertiary/aromatic N) is 2. The number of hydrogen-bond acceptors (Lipinski definition) is 2. The molecule has 2 nitrogen and oxygen atoms in total. The molecule has 0 saturated heterocycles. The molecule has 18 heavy (non-hydrogen) atoms. The normalized spacial score (nSPS) is 14.3. The van der Waals surface area contributed by atoms with Crippen molar-refractivity contribution >= 4 is 23.2 Å². The molecule has 1 aromatic carbocycles. The van der Waals surface area contributed by atoms with Gasteiger partial charge in [0.2, 0.25) is 0 Å². The van der Waals surface area contributed by atoms with Gasteiger partial charge in [0.1, 0.15) is 0 Å². The lowest BCUT2D eigenvalue weighted by atomic mass is 9.89. The van der Waals surface area contributed by atoms with Crippen molar-refractivity contribution < 1.29 is 0 Å². The Morgan fingerprint density at radius 2 is 1.67 bits per heavy atom. The fourth-order valence-corrected chi connectivity index (χ4v) is 2.80. The number of benzene rings is 1. The van der Waals surface area contributed by atoms with E-state index in [2.05, 4.69) is 28.4 Å². The van der Waals surface area contributed by atoms with Crippen molar-refractivity contribution in [2.75, 3.05) is 0 Å². The Morgan fingerprint density at radius 1 is 0.889 bits per heavy atom. The molecule has 0 unspecified atom stereocenters. The van der Waals surface area contributed by atoms with Crippen LogP contribution in [0, 0.1) is 0 Å². The van der Waals surface area contributed by atoms with Crippen molar-refractivity contribution in [3.8, 4) is 11.1 Å². The maximum Gasteiger partial charge on any atom is 0.159 e. The Kier molecular flexibility index (Phi) is 3.23. The zero-order valence-electron chi connectivity index (χ0n) is 9.79. The molecule has 0 saturated carbocycles. The van der Waals surface area contributed by atoms with Gasteiger partial charge in [0.15, 0.2) is 10.3 Å². The van der Waals surface area contributed by atoms with E-state index in [0.717, 1.165) is 17.5 Å². The van der Waals surface area contributed by atoms with Gasteiger partial charge in [-0.15, -0.1) is 10.2 Å². The van der Waals surface area contributed by atoms with E-state index in [9.17, 15) is 0 Å². The van der Waals surface area contributed by atoms with Crippen LogP contribution >= 0.6 is 23.2 Å². The molecule has 0 atom stereocenters. The highest BCUT2D eigenvalue weighted by molar-refractivity contribution is 6.33. The SMILES string of the molecule is Clc1cc(-c2ccc3c(c2)CCCC3)c(Cl)nn1. The first-order chi connectivity index (χ1) is 8.74. The summed E-state index contributed by atoms with van der Waals surface area (Å²) in [5, 5.41) is 8.35. The maximum absolute atomic E-state index is 6.08.